The van der Waals surface area contributed by atoms with Crippen LogP contribution in [0.3, 0.4) is 0 Å². The molecular weight excluding hydrogens is 433 g/mol. The Labute approximate surface area is 196 Å². The number of nitrogens with zero attached hydrogens (tertiary/aromatic N) is 2. The molecule has 0 saturated heterocycles. The number of fused-ring (bicyclic) bond motifs is 2. The van der Waals surface area contributed by atoms with E-state index in [0.29, 0.717) is 11.3 Å². The van der Waals surface area contributed by atoms with Crippen LogP contribution in [0.1, 0.15) is 22.4 Å². The van der Waals surface area contributed by atoms with E-state index >= 15 is 0 Å². The van der Waals surface area contributed by atoms with Gasteiger partial charge in [-0.05, 0) is 43.5 Å². The average Bonchev–Trinajstić information content (AvgIpc) is 2.79. The smallest absolute Gasteiger partial charge is 0.194 e. The van der Waals surface area contributed by atoms with Crippen molar-refractivity contribution in [3.05, 3.63) is 101 Å². The Hall–Kier alpha value is -3.73. The number of hydrogen-bond acceptors (Lipinski definition) is 0. The SMILES string of the molecule is Cc1cc2ccccc2[n+](C)c1-c1cc(C(F)(F)F)cc(-[n+]2cc3ccccc3cc2C)c1C. The maximum absolute atomic E-state index is 14.1. The van der Waals surface area contributed by atoms with Gasteiger partial charge in [0.15, 0.2) is 11.9 Å². The van der Waals surface area contributed by atoms with E-state index in [1.165, 1.54) is 12.1 Å². The number of alkyl halides is 3. The summed E-state index contributed by atoms with van der Waals surface area (Å²) in [6.45, 7) is 5.78. The van der Waals surface area contributed by atoms with Crippen molar-refractivity contribution in [1.82, 2.24) is 0 Å². The van der Waals surface area contributed by atoms with Gasteiger partial charge in [-0.3, -0.25) is 0 Å². The largest absolute Gasteiger partial charge is 0.416 e. The van der Waals surface area contributed by atoms with E-state index in [2.05, 4.69) is 0 Å². The highest BCUT2D eigenvalue weighted by molar-refractivity contribution is 5.82. The Morgan fingerprint density at radius 2 is 1.38 bits per heavy atom. The number of hydrogen-bond donors (Lipinski definition) is 0. The summed E-state index contributed by atoms with van der Waals surface area (Å²) < 4.78 is 46.2. The zero-order chi connectivity index (χ0) is 24.2. The van der Waals surface area contributed by atoms with Gasteiger partial charge in [-0.25, -0.2) is 0 Å². The topological polar surface area (TPSA) is 7.76 Å². The van der Waals surface area contributed by atoms with Crippen molar-refractivity contribution in [3.8, 4) is 16.9 Å². The molecule has 5 rings (SSSR count). The highest BCUT2D eigenvalue weighted by atomic mass is 19.4. The summed E-state index contributed by atoms with van der Waals surface area (Å²) in [5.74, 6) is 0. The van der Waals surface area contributed by atoms with Crippen molar-refractivity contribution >= 4 is 21.7 Å². The number of rotatable bonds is 2. The van der Waals surface area contributed by atoms with Gasteiger partial charge in [-0.15, -0.1) is 0 Å². The van der Waals surface area contributed by atoms with E-state index in [1.807, 2.05) is 104 Å². The van der Waals surface area contributed by atoms with Crippen LogP contribution in [0.25, 0.3) is 38.6 Å². The average molecular weight is 459 g/mol. The molecule has 0 fully saturated rings. The summed E-state index contributed by atoms with van der Waals surface area (Å²) in [4.78, 5) is 0. The van der Waals surface area contributed by atoms with E-state index in [-0.39, 0.29) is 0 Å². The van der Waals surface area contributed by atoms with Crippen LogP contribution in [-0.2, 0) is 13.2 Å². The highest BCUT2D eigenvalue weighted by Gasteiger charge is 2.35. The van der Waals surface area contributed by atoms with Gasteiger partial charge in [-0.2, -0.15) is 22.3 Å². The minimum atomic E-state index is -4.47. The molecule has 5 aromatic rings. The predicted molar refractivity (Wildman–Crippen MR) is 129 cm³/mol. The van der Waals surface area contributed by atoms with Gasteiger partial charge < -0.3 is 0 Å². The van der Waals surface area contributed by atoms with Crippen LogP contribution < -0.4 is 9.13 Å². The maximum atomic E-state index is 14.1. The third-order valence-corrected chi connectivity index (χ3v) is 6.61. The first-order valence-electron chi connectivity index (χ1n) is 11.2. The number of halogens is 3. The van der Waals surface area contributed by atoms with Crippen LogP contribution >= 0.6 is 0 Å². The lowest BCUT2D eigenvalue weighted by atomic mass is 9.95. The zero-order valence-electron chi connectivity index (χ0n) is 19.5. The fourth-order valence-corrected chi connectivity index (χ4v) is 4.91. The van der Waals surface area contributed by atoms with Crippen molar-refractivity contribution in [2.45, 2.75) is 26.9 Å². The summed E-state index contributed by atoms with van der Waals surface area (Å²) in [6.07, 6.45) is -2.55. The summed E-state index contributed by atoms with van der Waals surface area (Å²) in [5.41, 5.74) is 4.79. The third-order valence-electron chi connectivity index (χ3n) is 6.61. The third kappa shape index (κ3) is 3.61. The second kappa shape index (κ2) is 7.94. The molecule has 0 amide bonds. The van der Waals surface area contributed by atoms with Crippen LogP contribution in [0.4, 0.5) is 13.2 Å². The van der Waals surface area contributed by atoms with Crippen LogP contribution in [-0.4, -0.2) is 0 Å². The molecule has 2 heterocycles. The lowest BCUT2D eigenvalue weighted by molar-refractivity contribution is -0.634. The van der Waals surface area contributed by atoms with Gasteiger partial charge in [0.25, 0.3) is 0 Å². The normalized spacial score (nSPS) is 12.0. The van der Waals surface area contributed by atoms with Gasteiger partial charge in [0.2, 0.25) is 16.9 Å². The molecular formula is C29H25F3N2+2. The molecule has 0 unspecified atom stereocenters. The van der Waals surface area contributed by atoms with Gasteiger partial charge in [0.1, 0.15) is 7.05 Å². The fourth-order valence-electron chi connectivity index (χ4n) is 4.91. The predicted octanol–water partition coefficient (Wildman–Crippen LogP) is 6.71. The molecule has 3 aromatic carbocycles. The summed E-state index contributed by atoms with van der Waals surface area (Å²) >= 11 is 0. The molecule has 2 aromatic heterocycles. The minimum Gasteiger partial charge on any atom is -0.194 e. The monoisotopic (exact) mass is 458 g/mol. The fraction of sp³-hybridized carbons (Fsp3) is 0.172. The number of benzene rings is 3. The quantitative estimate of drug-likeness (QED) is 0.260. The Balaban J connectivity index is 1.86. The lowest BCUT2D eigenvalue weighted by Gasteiger charge is -2.15. The lowest BCUT2D eigenvalue weighted by Crippen LogP contribution is -2.37. The van der Waals surface area contributed by atoms with Crippen LogP contribution in [0.15, 0.2) is 79.0 Å². The van der Waals surface area contributed by atoms with E-state index in [4.69, 9.17) is 0 Å². The molecule has 0 atom stereocenters. The molecule has 5 heteroatoms. The highest BCUT2D eigenvalue weighted by Crippen LogP contribution is 2.36. The molecule has 0 radical (unpaired) electrons. The molecule has 0 N–H and O–H groups in total. The first kappa shape index (κ1) is 22.1. The maximum Gasteiger partial charge on any atom is 0.416 e. The molecule has 0 spiro atoms. The summed E-state index contributed by atoms with van der Waals surface area (Å²) in [6, 6.07) is 22.4. The number of pyridine rings is 2. The van der Waals surface area contributed by atoms with Crippen molar-refractivity contribution in [2.24, 2.45) is 7.05 Å². The molecule has 0 aliphatic carbocycles. The number of para-hydroxylation sites is 1. The molecule has 2 nitrogen and oxygen atoms in total. The minimum absolute atomic E-state index is 0.528. The van der Waals surface area contributed by atoms with Gasteiger partial charge in [0.05, 0.1) is 11.1 Å². The van der Waals surface area contributed by atoms with Crippen molar-refractivity contribution in [2.75, 3.05) is 0 Å². The Morgan fingerprint density at radius 3 is 2.09 bits per heavy atom. The van der Waals surface area contributed by atoms with Crippen molar-refractivity contribution in [3.63, 3.8) is 0 Å². The van der Waals surface area contributed by atoms with Gasteiger partial charge >= 0.3 is 6.18 Å². The first-order chi connectivity index (χ1) is 16.1. The molecule has 0 aliphatic heterocycles. The van der Waals surface area contributed by atoms with E-state index < -0.39 is 11.7 Å². The zero-order valence-corrected chi connectivity index (χ0v) is 19.5. The molecule has 170 valence electrons. The van der Waals surface area contributed by atoms with Crippen LogP contribution in [0.2, 0.25) is 0 Å². The Bertz CT molecular complexity index is 1580. The molecule has 0 bridgehead atoms. The Kier molecular flexibility index (Phi) is 5.16. The van der Waals surface area contributed by atoms with Gasteiger partial charge in [-0.1, -0.05) is 30.3 Å². The van der Waals surface area contributed by atoms with Crippen LogP contribution in [0, 0.1) is 20.8 Å². The molecule has 0 aliphatic rings. The number of aromatic nitrogens is 2. The summed E-state index contributed by atoms with van der Waals surface area (Å²) in [5, 5.41) is 3.08. The Morgan fingerprint density at radius 1 is 0.735 bits per heavy atom. The number of aryl methyl sites for hydroxylation is 3. The molecule has 34 heavy (non-hydrogen) atoms. The van der Waals surface area contributed by atoms with E-state index in [0.717, 1.165) is 44.2 Å². The first-order valence-corrected chi connectivity index (χ1v) is 11.2. The second-order valence-corrected chi connectivity index (χ2v) is 8.87. The van der Waals surface area contributed by atoms with Gasteiger partial charge in [0, 0.05) is 47.0 Å². The van der Waals surface area contributed by atoms with Crippen molar-refractivity contribution < 1.29 is 22.3 Å². The van der Waals surface area contributed by atoms with Crippen molar-refractivity contribution in [1.29, 1.82) is 0 Å². The standard InChI is InChI=1S/C29H25F3N2/c1-18-13-22-10-7-8-12-26(22)33(4)28(18)25-15-24(29(30,31)32)16-27(20(25)3)34-17-23-11-6-5-9-21(23)14-19(34)2/h5-17H,1-4H3/q+2. The van der Waals surface area contributed by atoms with E-state index in [1.54, 1.807) is 0 Å². The van der Waals surface area contributed by atoms with Crippen LogP contribution in [0.5, 0.6) is 0 Å². The second-order valence-electron chi connectivity index (χ2n) is 8.87. The summed E-state index contributed by atoms with van der Waals surface area (Å²) in [7, 11) is 1.92. The van der Waals surface area contributed by atoms with E-state index in [9.17, 15) is 13.2 Å². The molecule has 0 saturated carbocycles.